The first-order chi connectivity index (χ1) is 5.65. The molecule has 70 valence electrons. The third-order valence-electron chi connectivity index (χ3n) is 2.06. The van der Waals surface area contributed by atoms with Crippen LogP contribution >= 0.6 is 0 Å². The summed E-state index contributed by atoms with van der Waals surface area (Å²) in [4.78, 5) is 11.5. The third-order valence-corrected chi connectivity index (χ3v) is 2.06. The molecule has 1 rings (SSSR count). The van der Waals surface area contributed by atoms with Crippen LogP contribution in [0.25, 0.3) is 0 Å². The normalized spacial score (nSPS) is 30.3. The quantitative estimate of drug-likeness (QED) is 0.642. The van der Waals surface area contributed by atoms with Gasteiger partial charge in [0.1, 0.15) is 6.17 Å². The molecule has 1 heterocycles. The number of hydrogen-bond acceptors (Lipinski definition) is 2. The number of piperidine rings is 1. The van der Waals surface area contributed by atoms with Gasteiger partial charge in [-0.2, -0.15) is 0 Å². The number of carboxylic acid groups (broad SMARTS) is 1. The average Bonchev–Trinajstić information content (AvgIpc) is 2.04. The fourth-order valence-electron chi connectivity index (χ4n) is 1.32. The van der Waals surface area contributed by atoms with Gasteiger partial charge in [0.05, 0.1) is 12.6 Å². The monoisotopic (exact) mass is 177 g/mol. The van der Waals surface area contributed by atoms with Crippen molar-refractivity contribution in [3.63, 3.8) is 0 Å². The van der Waals surface area contributed by atoms with Gasteiger partial charge in [0, 0.05) is 13.7 Å². The molecular formula is C7H12FNO3. The highest BCUT2D eigenvalue weighted by Gasteiger charge is 2.31. The molecule has 1 aliphatic rings. The number of amides is 1. The van der Waals surface area contributed by atoms with Crippen LogP contribution in [0.2, 0.25) is 0 Å². The fraction of sp³-hybridized carbons (Fsp3) is 0.857. The second-order valence-corrected chi connectivity index (χ2v) is 2.81. The molecule has 0 aromatic carbocycles. The van der Waals surface area contributed by atoms with Crippen molar-refractivity contribution in [1.29, 1.82) is 0 Å². The molecule has 1 fully saturated rings. The zero-order chi connectivity index (χ0) is 9.14. The highest BCUT2D eigenvalue weighted by molar-refractivity contribution is 5.65. The van der Waals surface area contributed by atoms with E-state index in [-0.39, 0.29) is 6.54 Å². The molecule has 0 bridgehead atoms. The highest BCUT2D eigenvalue weighted by atomic mass is 19.1. The summed E-state index contributed by atoms with van der Waals surface area (Å²) >= 11 is 0. The molecule has 0 radical (unpaired) electrons. The molecule has 1 saturated heterocycles. The second kappa shape index (κ2) is 3.71. The first-order valence-corrected chi connectivity index (χ1v) is 3.80. The number of rotatable bonds is 1. The molecule has 12 heavy (non-hydrogen) atoms. The maximum atomic E-state index is 13.0. The predicted octanol–water partition coefficient (Wildman–Crippen LogP) is 0.723. The Balaban J connectivity index is 2.46. The lowest BCUT2D eigenvalue weighted by Gasteiger charge is -2.31. The molecule has 0 aliphatic carbocycles. The minimum absolute atomic E-state index is 0.0756. The van der Waals surface area contributed by atoms with Crippen molar-refractivity contribution in [2.24, 2.45) is 0 Å². The van der Waals surface area contributed by atoms with E-state index in [0.29, 0.717) is 13.0 Å². The van der Waals surface area contributed by atoms with Crippen molar-refractivity contribution in [3.8, 4) is 0 Å². The minimum Gasteiger partial charge on any atom is -0.465 e. The van der Waals surface area contributed by atoms with Crippen LogP contribution in [0.3, 0.4) is 0 Å². The van der Waals surface area contributed by atoms with Gasteiger partial charge in [-0.3, -0.25) is 0 Å². The van der Waals surface area contributed by atoms with E-state index in [1.807, 2.05) is 0 Å². The van der Waals surface area contributed by atoms with Gasteiger partial charge >= 0.3 is 6.09 Å². The van der Waals surface area contributed by atoms with Gasteiger partial charge in [-0.1, -0.05) is 0 Å². The Bertz CT molecular complexity index is 176. The van der Waals surface area contributed by atoms with Gasteiger partial charge in [0.25, 0.3) is 0 Å². The number of hydrogen-bond donors (Lipinski definition) is 1. The molecule has 0 spiro atoms. The Labute approximate surface area is 69.9 Å². The van der Waals surface area contributed by atoms with Crippen LogP contribution in [0.4, 0.5) is 9.18 Å². The first-order valence-electron chi connectivity index (χ1n) is 3.80. The van der Waals surface area contributed by atoms with E-state index < -0.39 is 18.4 Å². The zero-order valence-electron chi connectivity index (χ0n) is 6.86. The SMILES string of the molecule is COC1CCN(C(=O)O)C[C@H]1F. The van der Waals surface area contributed by atoms with Crippen molar-refractivity contribution >= 4 is 6.09 Å². The number of nitrogens with zero attached hydrogens (tertiary/aromatic N) is 1. The van der Waals surface area contributed by atoms with Gasteiger partial charge < -0.3 is 14.7 Å². The Morgan fingerprint density at radius 2 is 2.42 bits per heavy atom. The largest absolute Gasteiger partial charge is 0.465 e. The number of halogens is 1. The van der Waals surface area contributed by atoms with Crippen molar-refractivity contribution in [2.45, 2.75) is 18.7 Å². The second-order valence-electron chi connectivity index (χ2n) is 2.81. The van der Waals surface area contributed by atoms with Crippen LogP contribution in [0.5, 0.6) is 0 Å². The summed E-state index contributed by atoms with van der Waals surface area (Å²) in [5.41, 5.74) is 0. The molecule has 1 aliphatic heterocycles. The lowest BCUT2D eigenvalue weighted by molar-refractivity contribution is -0.0175. The Morgan fingerprint density at radius 1 is 1.75 bits per heavy atom. The van der Waals surface area contributed by atoms with Gasteiger partial charge in [0.2, 0.25) is 0 Å². The van der Waals surface area contributed by atoms with E-state index in [1.54, 1.807) is 0 Å². The van der Waals surface area contributed by atoms with E-state index >= 15 is 0 Å². The summed E-state index contributed by atoms with van der Waals surface area (Å²) in [6.45, 7) is 0.280. The zero-order valence-corrected chi connectivity index (χ0v) is 6.86. The molecular weight excluding hydrogens is 165 g/mol. The summed E-state index contributed by atoms with van der Waals surface area (Å²) in [6, 6.07) is 0. The number of alkyl halides is 1. The lowest BCUT2D eigenvalue weighted by atomic mass is 10.1. The number of carbonyl (C=O) groups is 1. The Hall–Kier alpha value is -0.840. The van der Waals surface area contributed by atoms with Gasteiger partial charge in [0.15, 0.2) is 0 Å². The van der Waals surface area contributed by atoms with Gasteiger partial charge in [-0.25, -0.2) is 9.18 Å². The van der Waals surface area contributed by atoms with E-state index in [9.17, 15) is 9.18 Å². The van der Waals surface area contributed by atoms with Crippen molar-refractivity contribution in [3.05, 3.63) is 0 Å². The summed E-state index contributed by atoms with van der Waals surface area (Å²) < 4.78 is 17.9. The summed E-state index contributed by atoms with van der Waals surface area (Å²) in [5, 5.41) is 8.53. The predicted molar refractivity (Wildman–Crippen MR) is 39.9 cm³/mol. The van der Waals surface area contributed by atoms with E-state index in [4.69, 9.17) is 9.84 Å². The van der Waals surface area contributed by atoms with Crippen LogP contribution in [-0.4, -0.2) is 48.6 Å². The molecule has 1 N–H and O–H groups in total. The number of likely N-dealkylation sites (tertiary alicyclic amines) is 1. The number of methoxy groups -OCH3 is 1. The molecule has 0 aromatic rings. The van der Waals surface area contributed by atoms with Crippen LogP contribution in [0.15, 0.2) is 0 Å². The van der Waals surface area contributed by atoms with Crippen LogP contribution < -0.4 is 0 Å². The maximum Gasteiger partial charge on any atom is 0.407 e. The molecule has 1 amide bonds. The van der Waals surface area contributed by atoms with Crippen molar-refractivity contribution in [2.75, 3.05) is 20.2 Å². The molecule has 4 nitrogen and oxygen atoms in total. The van der Waals surface area contributed by atoms with Crippen molar-refractivity contribution in [1.82, 2.24) is 4.90 Å². The summed E-state index contributed by atoms with van der Waals surface area (Å²) in [5.74, 6) is 0. The fourth-order valence-corrected chi connectivity index (χ4v) is 1.32. The first kappa shape index (κ1) is 9.25. The standard InChI is InChI=1S/C7H12FNO3/c1-12-6-2-3-9(7(10)11)4-5(6)8/h5-6H,2-4H2,1H3,(H,10,11)/t5-,6?/m1/s1. The van der Waals surface area contributed by atoms with Gasteiger partial charge in [-0.05, 0) is 6.42 Å². The average molecular weight is 177 g/mol. The maximum absolute atomic E-state index is 13.0. The summed E-state index contributed by atoms with van der Waals surface area (Å²) in [7, 11) is 1.44. The van der Waals surface area contributed by atoms with Gasteiger partial charge in [-0.15, -0.1) is 0 Å². The van der Waals surface area contributed by atoms with Crippen LogP contribution in [-0.2, 0) is 4.74 Å². The molecule has 2 atom stereocenters. The molecule has 5 heteroatoms. The molecule has 0 saturated carbocycles. The highest BCUT2D eigenvalue weighted by Crippen LogP contribution is 2.16. The Kier molecular flexibility index (Phi) is 2.86. The van der Waals surface area contributed by atoms with E-state index in [2.05, 4.69) is 0 Å². The molecule has 1 unspecified atom stereocenters. The Morgan fingerprint density at radius 3 is 2.83 bits per heavy atom. The van der Waals surface area contributed by atoms with Crippen molar-refractivity contribution < 1.29 is 19.0 Å². The van der Waals surface area contributed by atoms with Crippen LogP contribution in [0.1, 0.15) is 6.42 Å². The lowest BCUT2D eigenvalue weighted by Crippen LogP contribution is -2.47. The van der Waals surface area contributed by atoms with Crippen LogP contribution in [0, 0.1) is 0 Å². The molecule has 0 aromatic heterocycles. The summed E-state index contributed by atoms with van der Waals surface area (Å²) in [6.07, 6.45) is -2.27. The number of ether oxygens (including phenoxy) is 1. The van der Waals surface area contributed by atoms with E-state index in [0.717, 1.165) is 4.90 Å². The third kappa shape index (κ3) is 1.85. The minimum atomic E-state index is -1.19. The topological polar surface area (TPSA) is 49.8 Å². The smallest absolute Gasteiger partial charge is 0.407 e. The van der Waals surface area contributed by atoms with E-state index in [1.165, 1.54) is 7.11 Å².